The van der Waals surface area contributed by atoms with Crippen LogP contribution in [0.2, 0.25) is 0 Å². The van der Waals surface area contributed by atoms with Crippen LogP contribution in [0, 0.1) is 5.92 Å². The number of aromatic nitrogens is 2. The van der Waals surface area contributed by atoms with Crippen LogP contribution in [0.25, 0.3) is 0 Å². The first-order valence-corrected chi connectivity index (χ1v) is 6.49. The molecule has 1 aromatic rings. The molecule has 1 atom stereocenters. The minimum absolute atomic E-state index is 0.360. The third-order valence-corrected chi connectivity index (χ3v) is 2.80. The van der Waals surface area contributed by atoms with Crippen molar-refractivity contribution in [3.05, 3.63) is 18.2 Å². The molecule has 1 unspecified atom stereocenters. The molecule has 2 N–H and O–H groups in total. The fraction of sp³-hybridized carbons (Fsp3) is 0.692. The standard InChI is InChI=1S/C13H23N3O2/c1-4-5-16-9-14-7-11(16)8-15-12(13(17)18)6-10(2)3/h7,9-10,12,15H,4-6,8H2,1-3H3,(H,17,18). The molecule has 0 bridgehead atoms. The molecule has 5 nitrogen and oxygen atoms in total. The van der Waals surface area contributed by atoms with Gasteiger partial charge in [0.15, 0.2) is 0 Å². The van der Waals surface area contributed by atoms with Gasteiger partial charge in [-0.2, -0.15) is 0 Å². The smallest absolute Gasteiger partial charge is 0.320 e. The number of aliphatic carboxylic acids is 1. The van der Waals surface area contributed by atoms with E-state index in [0.717, 1.165) is 18.7 Å². The van der Waals surface area contributed by atoms with Gasteiger partial charge in [-0.1, -0.05) is 20.8 Å². The fourth-order valence-electron chi connectivity index (χ4n) is 1.91. The van der Waals surface area contributed by atoms with Crippen LogP contribution in [0.4, 0.5) is 0 Å². The van der Waals surface area contributed by atoms with Gasteiger partial charge in [0.05, 0.1) is 12.0 Å². The van der Waals surface area contributed by atoms with Crippen molar-refractivity contribution in [1.29, 1.82) is 0 Å². The lowest BCUT2D eigenvalue weighted by atomic mass is 10.0. The summed E-state index contributed by atoms with van der Waals surface area (Å²) in [6.45, 7) is 7.62. The summed E-state index contributed by atoms with van der Waals surface area (Å²) in [5.74, 6) is -0.426. The highest BCUT2D eigenvalue weighted by atomic mass is 16.4. The lowest BCUT2D eigenvalue weighted by Crippen LogP contribution is -2.37. The van der Waals surface area contributed by atoms with Crippen LogP contribution < -0.4 is 5.32 Å². The van der Waals surface area contributed by atoms with Gasteiger partial charge in [-0.05, 0) is 18.8 Å². The molecule has 0 aromatic carbocycles. The Kier molecular flexibility index (Phi) is 5.85. The van der Waals surface area contributed by atoms with Crippen molar-refractivity contribution in [3.63, 3.8) is 0 Å². The minimum Gasteiger partial charge on any atom is -0.480 e. The number of aryl methyl sites for hydroxylation is 1. The van der Waals surface area contributed by atoms with Crippen LogP contribution in [-0.2, 0) is 17.9 Å². The van der Waals surface area contributed by atoms with Gasteiger partial charge in [0.1, 0.15) is 6.04 Å². The van der Waals surface area contributed by atoms with Gasteiger partial charge in [-0.15, -0.1) is 0 Å². The van der Waals surface area contributed by atoms with E-state index in [1.54, 1.807) is 12.5 Å². The van der Waals surface area contributed by atoms with Crippen molar-refractivity contribution in [1.82, 2.24) is 14.9 Å². The Balaban J connectivity index is 2.55. The van der Waals surface area contributed by atoms with Crippen LogP contribution in [0.15, 0.2) is 12.5 Å². The number of rotatable bonds is 8. The van der Waals surface area contributed by atoms with E-state index >= 15 is 0 Å². The number of hydrogen-bond donors (Lipinski definition) is 2. The van der Waals surface area contributed by atoms with Gasteiger partial charge in [0, 0.05) is 19.3 Å². The molecule has 18 heavy (non-hydrogen) atoms. The maximum Gasteiger partial charge on any atom is 0.320 e. The summed E-state index contributed by atoms with van der Waals surface area (Å²) in [4.78, 5) is 15.2. The van der Waals surface area contributed by atoms with Gasteiger partial charge >= 0.3 is 5.97 Å². The largest absolute Gasteiger partial charge is 0.480 e. The Labute approximate surface area is 108 Å². The number of imidazole rings is 1. The first-order valence-electron chi connectivity index (χ1n) is 6.49. The van der Waals surface area contributed by atoms with E-state index in [1.165, 1.54) is 0 Å². The molecule has 0 aliphatic rings. The summed E-state index contributed by atoms with van der Waals surface area (Å²) >= 11 is 0. The molecule has 5 heteroatoms. The molecule has 0 aliphatic carbocycles. The molecule has 1 rings (SSSR count). The monoisotopic (exact) mass is 253 g/mol. The Morgan fingerprint density at radius 3 is 2.83 bits per heavy atom. The van der Waals surface area contributed by atoms with Gasteiger partial charge in [-0.3, -0.25) is 10.1 Å². The summed E-state index contributed by atoms with van der Waals surface area (Å²) in [5.41, 5.74) is 1.03. The molecular weight excluding hydrogens is 230 g/mol. The van der Waals surface area contributed by atoms with Gasteiger partial charge in [0.25, 0.3) is 0 Å². The molecule has 1 aromatic heterocycles. The summed E-state index contributed by atoms with van der Waals surface area (Å²) in [5, 5.41) is 12.2. The summed E-state index contributed by atoms with van der Waals surface area (Å²) in [7, 11) is 0. The molecule has 0 aliphatic heterocycles. The minimum atomic E-state index is -0.787. The second-order valence-corrected chi connectivity index (χ2v) is 4.98. The Hall–Kier alpha value is -1.36. The first kappa shape index (κ1) is 14.7. The number of nitrogens with one attached hydrogen (secondary N) is 1. The van der Waals surface area contributed by atoms with Gasteiger partial charge in [0.2, 0.25) is 0 Å². The summed E-state index contributed by atoms with van der Waals surface area (Å²) in [6, 6.07) is -0.491. The molecule has 1 heterocycles. The molecule has 0 amide bonds. The zero-order chi connectivity index (χ0) is 13.5. The molecule has 102 valence electrons. The zero-order valence-corrected chi connectivity index (χ0v) is 11.4. The highest BCUT2D eigenvalue weighted by molar-refractivity contribution is 5.73. The molecular formula is C13H23N3O2. The average molecular weight is 253 g/mol. The molecule has 0 fully saturated rings. The average Bonchev–Trinajstić information content (AvgIpc) is 2.71. The van der Waals surface area contributed by atoms with E-state index < -0.39 is 12.0 Å². The second kappa shape index (κ2) is 7.16. The van der Waals surface area contributed by atoms with Crippen LogP contribution in [-0.4, -0.2) is 26.7 Å². The number of nitrogens with zero attached hydrogens (tertiary/aromatic N) is 2. The highest BCUT2D eigenvalue weighted by Gasteiger charge is 2.18. The number of carboxylic acids is 1. The zero-order valence-electron chi connectivity index (χ0n) is 11.4. The van der Waals surface area contributed by atoms with Crippen LogP contribution >= 0.6 is 0 Å². The van der Waals surface area contributed by atoms with Crippen LogP contribution in [0.5, 0.6) is 0 Å². The van der Waals surface area contributed by atoms with Crippen molar-refractivity contribution in [3.8, 4) is 0 Å². The van der Waals surface area contributed by atoms with Crippen LogP contribution in [0.3, 0.4) is 0 Å². The van der Waals surface area contributed by atoms with Crippen molar-refractivity contribution in [2.24, 2.45) is 5.92 Å². The van der Waals surface area contributed by atoms with E-state index in [2.05, 4.69) is 21.8 Å². The molecule has 0 spiro atoms. The third-order valence-electron chi connectivity index (χ3n) is 2.80. The van der Waals surface area contributed by atoms with E-state index in [4.69, 9.17) is 5.11 Å². The van der Waals surface area contributed by atoms with E-state index in [0.29, 0.717) is 18.9 Å². The van der Waals surface area contributed by atoms with Gasteiger partial charge in [-0.25, -0.2) is 4.98 Å². The number of carbonyl (C=O) groups is 1. The SMILES string of the molecule is CCCn1cncc1CNC(CC(C)C)C(=O)O. The predicted octanol–water partition coefficient (Wildman–Crippen LogP) is 1.88. The van der Waals surface area contributed by atoms with Crippen molar-refractivity contribution >= 4 is 5.97 Å². The Morgan fingerprint density at radius 2 is 2.28 bits per heavy atom. The quantitative estimate of drug-likeness (QED) is 0.742. The van der Waals surface area contributed by atoms with E-state index in [-0.39, 0.29) is 0 Å². The Morgan fingerprint density at radius 1 is 1.56 bits per heavy atom. The highest BCUT2D eigenvalue weighted by Crippen LogP contribution is 2.07. The molecule has 0 radical (unpaired) electrons. The van der Waals surface area contributed by atoms with E-state index in [9.17, 15) is 4.79 Å². The van der Waals surface area contributed by atoms with Crippen molar-refractivity contribution in [2.45, 2.75) is 52.7 Å². The normalized spacial score (nSPS) is 12.9. The fourth-order valence-corrected chi connectivity index (χ4v) is 1.91. The second-order valence-electron chi connectivity index (χ2n) is 4.98. The summed E-state index contributed by atoms with van der Waals surface area (Å²) < 4.78 is 2.06. The Bertz CT molecular complexity index is 374. The van der Waals surface area contributed by atoms with Crippen molar-refractivity contribution < 1.29 is 9.90 Å². The van der Waals surface area contributed by atoms with Crippen LogP contribution in [0.1, 0.15) is 39.3 Å². The lowest BCUT2D eigenvalue weighted by Gasteiger charge is -2.17. The maximum atomic E-state index is 11.1. The van der Waals surface area contributed by atoms with E-state index in [1.807, 2.05) is 13.8 Å². The summed E-state index contributed by atoms with van der Waals surface area (Å²) in [6.07, 6.45) is 5.25. The number of carboxylic acid groups (broad SMARTS) is 1. The molecule has 0 saturated carbocycles. The molecule has 0 saturated heterocycles. The maximum absolute atomic E-state index is 11.1. The van der Waals surface area contributed by atoms with Crippen molar-refractivity contribution in [2.75, 3.05) is 0 Å². The number of hydrogen-bond acceptors (Lipinski definition) is 3. The third kappa shape index (κ3) is 4.49. The predicted molar refractivity (Wildman–Crippen MR) is 70.2 cm³/mol. The first-order chi connectivity index (χ1) is 8.54. The topological polar surface area (TPSA) is 67.2 Å². The van der Waals surface area contributed by atoms with Gasteiger partial charge < -0.3 is 9.67 Å². The lowest BCUT2D eigenvalue weighted by molar-refractivity contribution is -0.140.